The molecule has 5 nitrogen and oxygen atoms in total. The highest BCUT2D eigenvalue weighted by Gasteiger charge is 2.42. The zero-order valence-corrected chi connectivity index (χ0v) is 9.90. The molecule has 0 aromatic carbocycles. The van der Waals surface area contributed by atoms with Crippen LogP contribution in [-0.4, -0.2) is 41.0 Å². The molecule has 0 bridgehead atoms. The lowest BCUT2D eigenvalue weighted by molar-refractivity contribution is -0.147. The number of rotatable bonds is 4. The number of carboxylic acid groups (broad SMARTS) is 1. The minimum absolute atomic E-state index is 0.119. The summed E-state index contributed by atoms with van der Waals surface area (Å²) in [4.78, 5) is 24.4. The van der Waals surface area contributed by atoms with E-state index in [4.69, 9.17) is 10.8 Å². The van der Waals surface area contributed by atoms with Gasteiger partial charge in [0, 0.05) is 13.1 Å². The van der Waals surface area contributed by atoms with Gasteiger partial charge in [0.05, 0.1) is 11.5 Å². The van der Waals surface area contributed by atoms with Crippen LogP contribution in [0, 0.1) is 5.41 Å². The Kier molecular flexibility index (Phi) is 3.91. The molecule has 1 heterocycles. The summed E-state index contributed by atoms with van der Waals surface area (Å²) in [6.45, 7) is 4.42. The van der Waals surface area contributed by atoms with Gasteiger partial charge in [-0.05, 0) is 19.8 Å². The number of likely N-dealkylation sites (tertiary alicyclic amines) is 1. The number of amides is 1. The van der Waals surface area contributed by atoms with Gasteiger partial charge < -0.3 is 15.7 Å². The molecular weight excluding hydrogens is 208 g/mol. The number of hydrogen-bond donors (Lipinski definition) is 2. The number of hydrogen-bond acceptors (Lipinski definition) is 3. The number of nitrogens with zero attached hydrogens (tertiary/aromatic N) is 1. The van der Waals surface area contributed by atoms with Gasteiger partial charge in [-0.2, -0.15) is 0 Å². The first-order valence-electron chi connectivity index (χ1n) is 5.68. The summed E-state index contributed by atoms with van der Waals surface area (Å²) in [7, 11) is 0. The molecule has 0 aromatic rings. The van der Waals surface area contributed by atoms with Gasteiger partial charge in [0.15, 0.2) is 0 Å². The van der Waals surface area contributed by atoms with E-state index in [0.29, 0.717) is 19.4 Å². The van der Waals surface area contributed by atoms with Gasteiger partial charge >= 0.3 is 5.97 Å². The first kappa shape index (κ1) is 13.0. The monoisotopic (exact) mass is 228 g/mol. The van der Waals surface area contributed by atoms with E-state index >= 15 is 0 Å². The quantitative estimate of drug-likeness (QED) is 0.731. The maximum atomic E-state index is 11.9. The van der Waals surface area contributed by atoms with Crippen LogP contribution in [0.2, 0.25) is 0 Å². The maximum absolute atomic E-state index is 11.9. The number of nitrogens with two attached hydrogens (primary N) is 1. The average Bonchev–Trinajstić information content (AvgIpc) is 2.61. The summed E-state index contributed by atoms with van der Waals surface area (Å²) >= 11 is 0. The summed E-state index contributed by atoms with van der Waals surface area (Å²) in [6.07, 6.45) is 2.02. The lowest BCUT2D eigenvalue weighted by Gasteiger charge is -2.22. The Morgan fingerprint density at radius 2 is 2.19 bits per heavy atom. The Bertz CT molecular complexity index is 293. The van der Waals surface area contributed by atoms with E-state index in [1.54, 1.807) is 11.8 Å². The second-order valence-corrected chi connectivity index (χ2v) is 4.77. The molecule has 0 saturated carbocycles. The summed E-state index contributed by atoms with van der Waals surface area (Å²) in [5, 5.41) is 9.04. The average molecular weight is 228 g/mol. The van der Waals surface area contributed by atoms with Crippen molar-refractivity contribution in [2.24, 2.45) is 11.1 Å². The van der Waals surface area contributed by atoms with Crippen LogP contribution >= 0.6 is 0 Å². The van der Waals surface area contributed by atoms with Crippen molar-refractivity contribution in [2.45, 2.75) is 39.2 Å². The largest absolute Gasteiger partial charge is 0.481 e. The highest BCUT2D eigenvalue weighted by atomic mass is 16.4. The number of carbonyl (C=O) groups is 2. The van der Waals surface area contributed by atoms with Crippen LogP contribution < -0.4 is 5.73 Å². The lowest BCUT2D eigenvalue weighted by Crippen LogP contribution is -2.44. The molecule has 0 spiro atoms. The first-order valence-corrected chi connectivity index (χ1v) is 5.68. The molecule has 1 fully saturated rings. The standard InChI is InChI=1S/C11H20N2O3/c1-3-4-8(12)9(14)13-6-5-11(2,7-13)10(15)16/h8H,3-7,12H2,1-2H3,(H,15,16). The van der Waals surface area contributed by atoms with Crippen LogP contribution in [0.4, 0.5) is 0 Å². The van der Waals surface area contributed by atoms with Gasteiger partial charge in [-0.25, -0.2) is 0 Å². The second-order valence-electron chi connectivity index (χ2n) is 4.77. The first-order chi connectivity index (χ1) is 7.40. The SMILES string of the molecule is CCCC(N)C(=O)N1CCC(C)(C(=O)O)C1. The molecule has 1 amide bonds. The predicted molar refractivity (Wildman–Crippen MR) is 59.8 cm³/mol. The van der Waals surface area contributed by atoms with E-state index < -0.39 is 17.4 Å². The van der Waals surface area contributed by atoms with Crippen LogP contribution in [-0.2, 0) is 9.59 Å². The summed E-state index contributed by atoms with van der Waals surface area (Å²) < 4.78 is 0. The van der Waals surface area contributed by atoms with Gasteiger partial charge in [-0.3, -0.25) is 9.59 Å². The minimum Gasteiger partial charge on any atom is -0.481 e. The molecule has 3 N–H and O–H groups in total. The molecule has 0 aliphatic carbocycles. The molecule has 0 aromatic heterocycles. The molecule has 1 rings (SSSR count). The van der Waals surface area contributed by atoms with E-state index in [1.807, 2.05) is 6.92 Å². The van der Waals surface area contributed by atoms with Crippen LogP contribution in [0.1, 0.15) is 33.1 Å². The van der Waals surface area contributed by atoms with Gasteiger partial charge in [0.1, 0.15) is 0 Å². The van der Waals surface area contributed by atoms with Crippen molar-refractivity contribution in [3.05, 3.63) is 0 Å². The molecular formula is C11H20N2O3. The third kappa shape index (κ3) is 2.52. The van der Waals surface area contributed by atoms with Crippen LogP contribution in [0.3, 0.4) is 0 Å². The van der Waals surface area contributed by atoms with Gasteiger partial charge in [-0.1, -0.05) is 13.3 Å². The molecule has 0 radical (unpaired) electrons. The third-order valence-electron chi connectivity index (χ3n) is 3.22. The molecule has 1 aliphatic heterocycles. The van der Waals surface area contributed by atoms with E-state index in [9.17, 15) is 9.59 Å². The minimum atomic E-state index is -0.841. The predicted octanol–water partition coefficient (Wildman–Crippen LogP) is 0.437. The smallest absolute Gasteiger partial charge is 0.311 e. The molecule has 1 aliphatic rings. The molecule has 2 unspecified atom stereocenters. The Hall–Kier alpha value is -1.10. The maximum Gasteiger partial charge on any atom is 0.311 e. The third-order valence-corrected chi connectivity index (χ3v) is 3.22. The van der Waals surface area contributed by atoms with Crippen LogP contribution in [0.25, 0.3) is 0 Å². The van der Waals surface area contributed by atoms with E-state index in [1.165, 1.54) is 0 Å². The zero-order valence-electron chi connectivity index (χ0n) is 9.90. The molecule has 92 valence electrons. The van der Waals surface area contributed by atoms with E-state index in [-0.39, 0.29) is 12.5 Å². The highest BCUT2D eigenvalue weighted by molar-refractivity contribution is 5.84. The zero-order chi connectivity index (χ0) is 12.3. The van der Waals surface area contributed by atoms with Gasteiger partial charge in [0.25, 0.3) is 0 Å². The second kappa shape index (κ2) is 4.82. The van der Waals surface area contributed by atoms with Crippen molar-refractivity contribution in [2.75, 3.05) is 13.1 Å². The topological polar surface area (TPSA) is 83.6 Å². The number of carboxylic acids is 1. The molecule has 1 saturated heterocycles. The Morgan fingerprint density at radius 1 is 1.56 bits per heavy atom. The number of carbonyl (C=O) groups excluding carboxylic acids is 1. The molecule has 16 heavy (non-hydrogen) atoms. The van der Waals surface area contributed by atoms with Crippen molar-refractivity contribution in [1.82, 2.24) is 4.90 Å². The highest BCUT2D eigenvalue weighted by Crippen LogP contribution is 2.30. The lowest BCUT2D eigenvalue weighted by atomic mass is 9.90. The normalized spacial score (nSPS) is 26.8. The van der Waals surface area contributed by atoms with Crippen molar-refractivity contribution < 1.29 is 14.7 Å². The Labute approximate surface area is 95.6 Å². The summed E-state index contributed by atoms with van der Waals surface area (Å²) in [5.74, 6) is -0.960. The van der Waals surface area contributed by atoms with Crippen molar-refractivity contribution in [1.29, 1.82) is 0 Å². The molecule has 5 heteroatoms. The summed E-state index contributed by atoms with van der Waals surface area (Å²) in [5.41, 5.74) is 4.93. The number of aliphatic carboxylic acids is 1. The van der Waals surface area contributed by atoms with Crippen molar-refractivity contribution >= 4 is 11.9 Å². The fourth-order valence-electron chi connectivity index (χ4n) is 1.99. The van der Waals surface area contributed by atoms with Crippen LogP contribution in [0.15, 0.2) is 0 Å². The summed E-state index contributed by atoms with van der Waals surface area (Å²) in [6, 6.07) is -0.485. The Morgan fingerprint density at radius 3 is 2.62 bits per heavy atom. The van der Waals surface area contributed by atoms with Crippen molar-refractivity contribution in [3.63, 3.8) is 0 Å². The van der Waals surface area contributed by atoms with Gasteiger partial charge in [0.2, 0.25) is 5.91 Å². The van der Waals surface area contributed by atoms with Crippen molar-refractivity contribution in [3.8, 4) is 0 Å². The fourth-order valence-corrected chi connectivity index (χ4v) is 1.99. The van der Waals surface area contributed by atoms with Crippen LogP contribution in [0.5, 0.6) is 0 Å². The molecule has 2 atom stereocenters. The fraction of sp³-hybridized carbons (Fsp3) is 0.818. The van der Waals surface area contributed by atoms with E-state index in [0.717, 1.165) is 6.42 Å². The van der Waals surface area contributed by atoms with E-state index in [2.05, 4.69) is 0 Å². The Balaban J connectivity index is 2.59. The van der Waals surface area contributed by atoms with Gasteiger partial charge in [-0.15, -0.1) is 0 Å².